The van der Waals surface area contributed by atoms with Crippen LogP contribution in [0.15, 0.2) is 30.3 Å². The molecule has 8 heteroatoms. The number of carbonyl (C=O) groups excluding carboxylic acids is 3. The van der Waals surface area contributed by atoms with Crippen molar-refractivity contribution in [2.75, 3.05) is 51.1 Å². The summed E-state index contributed by atoms with van der Waals surface area (Å²) in [5.74, 6) is -0.727. The number of carboxylic acid groups (broad SMARTS) is 1. The lowest BCUT2D eigenvalue weighted by atomic mass is 9.81. The standard InChI is InChI=1S/C22H32N4O4/c1-17(27)25-13-11-24(12-14-25)9-7-19-16-26(10-8-18(19)15-21(28)29)22(30)23-20-5-3-2-4-6-20/h2-6,18-19H,7-16H2,1H3,(H,23,30)(H,28,29)/t18-,19-/m0/s1. The fourth-order valence-corrected chi connectivity index (χ4v) is 4.58. The molecule has 0 unspecified atom stereocenters. The van der Waals surface area contributed by atoms with Gasteiger partial charge in [-0.3, -0.25) is 4.79 Å². The maximum atomic E-state index is 12.7. The summed E-state index contributed by atoms with van der Waals surface area (Å²) in [6, 6.07) is 9.21. The second-order valence-corrected chi connectivity index (χ2v) is 8.42. The van der Waals surface area contributed by atoms with E-state index in [1.54, 1.807) is 11.8 Å². The molecule has 2 saturated heterocycles. The van der Waals surface area contributed by atoms with Crippen LogP contribution in [-0.2, 0) is 9.59 Å². The molecule has 0 aliphatic carbocycles. The number of benzene rings is 1. The maximum Gasteiger partial charge on any atom is 0.321 e. The van der Waals surface area contributed by atoms with Gasteiger partial charge in [-0.1, -0.05) is 18.2 Å². The van der Waals surface area contributed by atoms with Crippen LogP contribution in [0.5, 0.6) is 0 Å². The fourth-order valence-electron chi connectivity index (χ4n) is 4.58. The number of piperazine rings is 1. The average Bonchev–Trinajstić information content (AvgIpc) is 2.73. The molecular weight excluding hydrogens is 384 g/mol. The lowest BCUT2D eigenvalue weighted by Crippen LogP contribution is -3.14. The number of nitrogens with zero attached hydrogens (tertiary/aromatic N) is 2. The van der Waals surface area contributed by atoms with Gasteiger partial charge in [-0.15, -0.1) is 0 Å². The molecule has 1 aromatic rings. The van der Waals surface area contributed by atoms with Crippen molar-refractivity contribution in [3.8, 4) is 0 Å². The molecular formula is C22H32N4O4. The third-order valence-corrected chi connectivity index (χ3v) is 6.42. The van der Waals surface area contributed by atoms with Gasteiger partial charge in [0.15, 0.2) is 0 Å². The monoisotopic (exact) mass is 416 g/mol. The zero-order valence-corrected chi connectivity index (χ0v) is 17.6. The molecule has 30 heavy (non-hydrogen) atoms. The Morgan fingerprint density at radius 2 is 1.77 bits per heavy atom. The van der Waals surface area contributed by atoms with Crippen LogP contribution in [-0.4, -0.2) is 73.5 Å². The van der Waals surface area contributed by atoms with Crippen LogP contribution in [0.4, 0.5) is 10.5 Å². The summed E-state index contributed by atoms with van der Waals surface area (Å²) in [7, 11) is 0. The van der Waals surface area contributed by atoms with Crippen molar-refractivity contribution in [3.05, 3.63) is 30.3 Å². The molecule has 2 fully saturated rings. The molecule has 2 aliphatic rings. The Hall–Kier alpha value is -2.61. The van der Waals surface area contributed by atoms with Gasteiger partial charge in [0, 0.05) is 38.1 Å². The minimum Gasteiger partial charge on any atom is -0.550 e. The van der Waals surface area contributed by atoms with E-state index in [2.05, 4.69) is 5.32 Å². The van der Waals surface area contributed by atoms with Crippen LogP contribution in [0.25, 0.3) is 0 Å². The van der Waals surface area contributed by atoms with E-state index in [1.807, 2.05) is 35.2 Å². The van der Waals surface area contributed by atoms with E-state index < -0.39 is 5.97 Å². The summed E-state index contributed by atoms with van der Waals surface area (Å²) in [6.07, 6.45) is 1.59. The van der Waals surface area contributed by atoms with Crippen molar-refractivity contribution < 1.29 is 24.4 Å². The molecule has 0 radical (unpaired) electrons. The Balaban J connectivity index is 1.55. The Kier molecular flexibility index (Phi) is 7.68. The Morgan fingerprint density at radius 3 is 2.40 bits per heavy atom. The smallest absolute Gasteiger partial charge is 0.321 e. The first-order valence-electron chi connectivity index (χ1n) is 10.8. The van der Waals surface area contributed by atoms with E-state index in [1.165, 1.54) is 4.90 Å². The van der Waals surface area contributed by atoms with Crippen molar-refractivity contribution in [2.45, 2.75) is 26.2 Å². The highest BCUT2D eigenvalue weighted by Crippen LogP contribution is 2.29. The minimum absolute atomic E-state index is 0.0358. The van der Waals surface area contributed by atoms with Gasteiger partial charge in [-0.2, -0.15) is 0 Å². The molecule has 2 atom stereocenters. The van der Waals surface area contributed by atoms with Gasteiger partial charge in [0.25, 0.3) is 0 Å². The molecule has 0 bridgehead atoms. The molecule has 0 aromatic heterocycles. The summed E-state index contributed by atoms with van der Waals surface area (Å²) >= 11 is 0. The lowest BCUT2D eigenvalue weighted by Gasteiger charge is -2.40. The van der Waals surface area contributed by atoms with Crippen molar-refractivity contribution in [1.29, 1.82) is 0 Å². The Bertz CT molecular complexity index is 734. The molecule has 2 N–H and O–H groups in total. The van der Waals surface area contributed by atoms with Crippen LogP contribution >= 0.6 is 0 Å². The summed E-state index contributed by atoms with van der Waals surface area (Å²) in [4.78, 5) is 40.5. The second kappa shape index (κ2) is 10.4. The highest BCUT2D eigenvalue weighted by Gasteiger charge is 2.33. The number of urea groups is 1. The van der Waals surface area contributed by atoms with Crippen LogP contribution < -0.4 is 15.3 Å². The topological polar surface area (TPSA) is 97.2 Å². The fraction of sp³-hybridized carbons (Fsp3) is 0.591. The SMILES string of the molecule is CC(=O)N1CC[NH+](CC[C@H]2CN(C(=O)Nc3ccccc3)CC[C@H]2CC(=O)[O-])CC1. The van der Waals surface area contributed by atoms with Crippen LogP contribution in [0.2, 0.25) is 0 Å². The third-order valence-electron chi connectivity index (χ3n) is 6.42. The van der Waals surface area contributed by atoms with Crippen molar-refractivity contribution in [2.24, 2.45) is 11.8 Å². The summed E-state index contributed by atoms with van der Waals surface area (Å²) < 4.78 is 0. The number of rotatable bonds is 6. The molecule has 8 nitrogen and oxygen atoms in total. The van der Waals surface area contributed by atoms with Crippen molar-refractivity contribution in [3.63, 3.8) is 0 Å². The zero-order valence-electron chi connectivity index (χ0n) is 17.6. The number of carboxylic acids is 1. The molecule has 164 valence electrons. The van der Waals surface area contributed by atoms with E-state index >= 15 is 0 Å². The van der Waals surface area contributed by atoms with Crippen LogP contribution in [0.3, 0.4) is 0 Å². The van der Waals surface area contributed by atoms with E-state index in [0.717, 1.165) is 44.8 Å². The van der Waals surface area contributed by atoms with Crippen molar-refractivity contribution in [1.82, 2.24) is 9.80 Å². The highest BCUT2D eigenvalue weighted by atomic mass is 16.4. The predicted octanol–water partition coefficient (Wildman–Crippen LogP) is -0.566. The number of amides is 3. The average molecular weight is 417 g/mol. The molecule has 0 spiro atoms. The van der Waals surface area contributed by atoms with Crippen LogP contribution in [0.1, 0.15) is 26.2 Å². The van der Waals surface area contributed by atoms with Gasteiger partial charge in [0.05, 0.1) is 32.7 Å². The normalized spacial score (nSPS) is 22.6. The van der Waals surface area contributed by atoms with Crippen molar-refractivity contribution >= 4 is 23.6 Å². The van der Waals surface area contributed by atoms with E-state index in [-0.39, 0.29) is 30.2 Å². The van der Waals surface area contributed by atoms with Crippen LogP contribution in [0, 0.1) is 11.8 Å². The van der Waals surface area contributed by atoms with Gasteiger partial charge in [-0.05, 0) is 36.8 Å². The Morgan fingerprint density at radius 1 is 1.07 bits per heavy atom. The number of aliphatic carboxylic acids is 1. The lowest BCUT2D eigenvalue weighted by molar-refractivity contribution is -0.904. The van der Waals surface area contributed by atoms with Gasteiger partial charge in [-0.25, -0.2) is 4.79 Å². The van der Waals surface area contributed by atoms with Gasteiger partial charge in [0.1, 0.15) is 0 Å². The predicted molar refractivity (Wildman–Crippen MR) is 111 cm³/mol. The number of quaternary nitrogens is 1. The summed E-state index contributed by atoms with van der Waals surface area (Å²) in [6.45, 7) is 7.00. The molecule has 0 saturated carbocycles. The second-order valence-electron chi connectivity index (χ2n) is 8.42. The number of nitrogens with one attached hydrogen (secondary N) is 2. The number of piperidine rings is 1. The first-order valence-corrected chi connectivity index (χ1v) is 10.8. The Labute approximate surface area is 177 Å². The van der Waals surface area contributed by atoms with Gasteiger partial charge < -0.3 is 29.9 Å². The maximum absolute atomic E-state index is 12.7. The zero-order chi connectivity index (χ0) is 21.5. The van der Waals surface area contributed by atoms with E-state index in [9.17, 15) is 19.5 Å². The number of hydrogen-bond acceptors (Lipinski definition) is 4. The van der Waals surface area contributed by atoms with Gasteiger partial charge in [0.2, 0.25) is 5.91 Å². The first kappa shape index (κ1) is 22.1. The number of hydrogen-bond donors (Lipinski definition) is 2. The van der Waals surface area contributed by atoms with E-state index in [0.29, 0.717) is 19.5 Å². The van der Waals surface area contributed by atoms with Gasteiger partial charge >= 0.3 is 6.03 Å². The molecule has 2 aliphatic heterocycles. The van der Waals surface area contributed by atoms with E-state index in [4.69, 9.17) is 0 Å². The third kappa shape index (κ3) is 6.19. The highest BCUT2D eigenvalue weighted by molar-refractivity contribution is 5.89. The number of para-hydroxylation sites is 1. The number of carbonyl (C=O) groups is 3. The largest absolute Gasteiger partial charge is 0.550 e. The number of likely N-dealkylation sites (tertiary alicyclic amines) is 1. The quantitative estimate of drug-likeness (QED) is 0.649. The first-order chi connectivity index (χ1) is 14.4. The summed E-state index contributed by atoms with van der Waals surface area (Å²) in [5, 5.41) is 14.2. The summed E-state index contributed by atoms with van der Waals surface area (Å²) in [5.41, 5.74) is 0.753. The molecule has 3 amide bonds. The molecule has 1 aromatic carbocycles. The molecule has 3 rings (SSSR count). The number of anilines is 1. The molecule has 2 heterocycles. The minimum atomic E-state index is -1.02.